The van der Waals surface area contributed by atoms with E-state index in [1.807, 2.05) is 6.26 Å². The van der Waals surface area contributed by atoms with Gasteiger partial charge in [0.05, 0.1) is 11.4 Å². The fourth-order valence-electron chi connectivity index (χ4n) is 3.91. The first kappa shape index (κ1) is 31.5. The van der Waals surface area contributed by atoms with Crippen molar-refractivity contribution in [1.29, 1.82) is 0 Å². The van der Waals surface area contributed by atoms with Crippen molar-refractivity contribution in [2.24, 2.45) is 0 Å². The summed E-state index contributed by atoms with van der Waals surface area (Å²) < 4.78 is 37.8. The van der Waals surface area contributed by atoms with Gasteiger partial charge in [-0.05, 0) is 42.6 Å². The van der Waals surface area contributed by atoms with Gasteiger partial charge in [0.1, 0.15) is 6.10 Å². The number of hydrogen-bond acceptors (Lipinski definition) is 9. The molecule has 10 nitrogen and oxygen atoms in total. The lowest BCUT2D eigenvalue weighted by Crippen LogP contribution is -2.49. The van der Waals surface area contributed by atoms with Crippen LogP contribution >= 0.6 is 19.4 Å². The molecule has 0 radical (unpaired) electrons. The van der Waals surface area contributed by atoms with Crippen LogP contribution in [0.3, 0.4) is 0 Å². The van der Waals surface area contributed by atoms with Gasteiger partial charge in [-0.3, -0.25) is 18.7 Å². The minimum atomic E-state index is -3.50. The quantitative estimate of drug-likeness (QED) is 0.300. The zero-order valence-electron chi connectivity index (χ0n) is 23.5. The van der Waals surface area contributed by atoms with Crippen molar-refractivity contribution >= 4 is 33.6 Å². The summed E-state index contributed by atoms with van der Waals surface area (Å²) in [7, 11) is -3.28. The number of rotatable bonds is 9. The molecule has 39 heavy (non-hydrogen) atoms. The highest BCUT2D eigenvalue weighted by atomic mass is 32.2. The van der Waals surface area contributed by atoms with Gasteiger partial charge in [0, 0.05) is 37.9 Å². The van der Waals surface area contributed by atoms with Gasteiger partial charge in [-0.25, -0.2) is 4.79 Å². The Kier molecular flexibility index (Phi) is 9.86. The van der Waals surface area contributed by atoms with Crippen molar-refractivity contribution in [3.63, 3.8) is 0 Å². The van der Waals surface area contributed by atoms with Gasteiger partial charge in [-0.1, -0.05) is 39.0 Å². The minimum Gasteiger partial charge on any atom is -0.410 e. The van der Waals surface area contributed by atoms with Crippen molar-refractivity contribution < 1.29 is 27.6 Å². The first-order chi connectivity index (χ1) is 18.2. The molecule has 1 aliphatic heterocycles. The van der Waals surface area contributed by atoms with Gasteiger partial charge in [0.15, 0.2) is 14.5 Å². The molecule has 0 N–H and O–H groups in total. The summed E-state index contributed by atoms with van der Waals surface area (Å²) in [6, 6.07) is 9.29. The summed E-state index contributed by atoms with van der Waals surface area (Å²) in [5, 5.41) is -0.531. The van der Waals surface area contributed by atoms with Gasteiger partial charge < -0.3 is 18.2 Å². The van der Waals surface area contributed by atoms with Gasteiger partial charge in [-0.15, -0.1) is 0 Å². The number of hydrogen-bond donors (Lipinski definition) is 0. The molecule has 0 aliphatic carbocycles. The standard InChI is InChI=1S/C26H37N2O8PSSi/c1-26(2,3)39(7,8)36-21-19(15-17-37(32,33-4)34-5)35-24(22(21)38-6)27-16-14-20(29)28(25(27)31)23(30)18-12-10-9-11-13-18/h9-17,19,21-22,24H,1-8H3/b17-15+/t19-,21-,22-,24-/m1/s1. The van der Waals surface area contributed by atoms with Crippen LogP contribution in [0.2, 0.25) is 18.1 Å². The Morgan fingerprint density at radius 3 is 2.26 bits per heavy atom. The van der Waals surface area contributed by atoms with Crippen LogP contribution in [0.25, 0.3) is 0 Å². The number of carbonyl (C=O) groups excluding carboxylic acids is 1. The minimum absolute atomic E-state index is 0.122. The Morgan fingerprint density at radius 1 is 1.10 bits per heavy atom. The highest BCUT2D eigenvalue weighted by Crippen LogP contribution is 2.49. The first-order valence-electron chi connectivity index (χ1n) is 12.4. The molecule has 2 heterocycles. The molecule has 0 bridgehead atoms. The molecule has 1 fully saturated rings. The maximum Gasteiger partial charge on any atom is 0.353 e. The van der Waals surface area contributed by atoms with E-state index in [1.54, 1.807) is 24.3 Å². The molecule has 0 amide bonds. The fourth-order valence-corrected chi connectivity index (χ4v) is 7.01. The third-order valence-corrected chi connectivity index (χ3v) is 14.3. The molecule has 214 valence electrons. The van der Waals surface area contributed by atoms with Gasteiger partial charge >= 0.3 is 13.3 Å². The van der Waals surface area contributed by atoms with Crippen LogP contribution in [0, 0.1) is 0 Å². The Balaban J connectivity index is 2.12. The second kappa shape index (κ2) is 12.2. The number of carbonyl (C=O) groups is 1. The van der Waals surface area contributed by atoms with Crippen LogP contribution in [0.1, 0.15) is 37.4 Å². The number of aromatic nitrogens is 2. The third-order valence-electron chi connectivity index (χ3n) is 7.21. The molecular weight excluding hydrogens is 559 g/mol. The van der Waals surface area contributed by atoms with Crippen LogP contribution in [0.5, 0.6) is 0 Å². The Bertz CT molecular complexity index is 1360. The third kappa shape index (κ3) is 6.65. The van der Waals surface area contributed by atoms with Crippen LogP contribution in [-0.2, 0) is 22.8 Å². The molecule has 13 heteroatoms. The Hall–Kier alpha value is -2.05. The fraction of sp³-hybridized carbons (Fsp3) is 0.500. The predicted molar refractivity (Wildman–Crippen MR) is 155 cm³/mol. The second-order valence-electron chi connectivity index (χ2n) is 10.6. The van der Waals surface area contributed by atoms with E-state index in [0.717, 1.165) is 0 Å². The van der Waals surface area contributed by atoms with E-state index in [4.69, 9.17) is 18.2 Å². The van der Waals surface area contributed by atoms with E-state index in [1.165, 1.54) is 60.8 Å². The van der Waals surface area contributed by atoms with Crippen molar-refractivity contribution in [1.82, 2.24) is 9.13 Å². The average molecular weight is 597 g/mol. The normalized spacial score (nSPS) is 22.5. The number of ether oxygens (including phenoxy) is 1. The van der Waals surface area contributed by atoms with Crippen molar-refractivity contribution in [2.45, 2.75) is 62.6 Å². The van der Waals surface area contributed by atoms with E-state index < -0.39 is 56.8 Å². The Labute approximate surface area is 234 Å². The van der Waals surface area contributed by atoms with Gasteiger partial charge in [-0.2, -0.15) is 16.3 Å². The monoisotopic (exact) mass is 596 g/mol. The lowest BCUT2D eigenvalue weighted by molar-refractivity contribution is 0.00653. The topological polar surface area (TPSA) is 115 Å². The molecule has 1 aromatic heterocycles. The summed E-state index contributed by atoms with van der Waals surface area (Å²) in [5.74, 6) is 0.590. The second-order valence-corrected chi connectivity index (χ2v) is 18.5. The van der Waals surface area contributed by atoms with E-state index in [2.05, 4.69) is 33.9 Å². The summed E-state index contributed by atoms with van der Waals surface area (Å²) in [4.78, 5) is 39.4. The average Bonchev–Trinajstić information content (AvgIpc) is 3.23. The lowest BCUT2D eigenvalue weighted by atomic mass is 10.1. The Morgan fingerprint density at radius 2 is 1.72 bits per heavy atom. The van der Waals surface area contributed by atoms with Crippen LogP contribution in [-0.4, -0.2) is 61.3 Å². The highest BCUT2D eigenvalue weighted by molar-refractivity contribution is 7.99. The largest absolute Gasteiger partial charge is 0.410 e. The number of thioether (sulfide) groups is 1. The van der Waals surface area contributed by atoms with E-state index in [0.29, 0.717) is 4.57 Å². The van der Waals surface area contributed by atoms with Gasteiger partial charge in [0.25, 0.3) is 11.5 Å². The number of nitrogens with zero attached hydrogens (tertiary/aromatic N) is 2. The molecule has 3 rings (SSSR count). The molecule has 1 aromatic carbocycles. The molecule has 0 unspecified atom stereocenters. The highest BCUT2D eigenvalue weighted by Gasteiger charge is 2.50. The van der Waals surface area contributed by atoms with Crippen LogP contribution in [0.15, 0.2) is 64.1 Å². The SMILES string of the molecule is COP(=O)(/C=C/[C@H]1O[C@@H](n2ccc(=O)n(C(=O)c3ccccc3)c2=O)[C@H](SC)[C@@H]1O[Si](C)(C)C(C)(C)C)OC. The molecule has 4 atom stereocenters. The molecule has 1 saturated heterocycles. The summed E-state index contributed by atoms with van der Waals surface area (Å²) in [5.41, 5.74) is -1.36. The van der Waals surface area contributed by atoms with E-state index in [-0.39, 0.29) is 10.6 Å². The number of benzene rings is 1. The molecular formula is C26H37N2O8PSSi. The van der Waals surface area contributed by atoms with Crippen molar-refractivity contribution in [3.8, 4) is 0 Å². The summed E-state index contributed by atoms with van der Waals surface area (Å²) in [6.07, 6.45) is 2.62. The van der Waals surface area contributed by atoms with E-state index >= 15 is 0 Å². The lowest BCUT2D eigenvalue weighted by Gasteiger charge is -2.40. The molecule has 0 saturated carbocycles. The van der Waals surface area contributed by atoms with Crippen LogP contribution in [0.4, 0.5) is 0 Å². The van der Waals surface area contributed by atoms with E-state index in [9.17, 15) is 18.9 Å². The zero-order chi connectivity index (χ0) is 29.2. The molecule has 2 aromatic rings. The maximum atomic E-state index is 13.6. The van der Waals surface area contributed by atoms with Gasteiger partial charge in [0.2, 0.25) is 0 Å². The first-order valence-corrected chi connectivity index (χ1v) is 18.2. The molecule has 1 aliphatic rings. The maximum absolute atomic E-state index is 13.6. The smallest absolute Gasteiger partial charge is 0.353 e. The zero-order valence-corrected chi connectivity index (χ0v) is 26.2. The van der Waals surface area contributed by atoms with Crippen LogP contribution < -0.4 is 11.2 Å². The summed E-state index contributed by atoms with van der Waals surface area (Å²) >= 11 is 1.44. The van der Waals surface area contributed by atoms with Crippen molar-refractivity contribution in [3.05, 3.63) is 80.9 Å². The predicted octanol–water partition coefficient (Wildman–Crippen LogP) is 4.72. The summed E-state index contributed by atoms with van der Waals surface area (Å²) in [6.45, 7) is 10.6. The molecule has 0 spiro atoms. The van der Waals surface area contributed by atoms with Crippen molar-refractivity contribution in [2.75, 3.05) is 20.5 Å².